The van der Waals surface area contributed by atoms with E-state index in [4.69, 9.17) is 60.2 Å². The van der Waals surface area contributed by atoms with Crippen molar-refractivity contribution in [2.75, 3.05) is 61.0 Å². The third-order valence-corrected chi connectivity index (χ3v) is 11.8. The molecular formula is C30H49NO8P2S2. The minimum absolute atomic E-state index is 0.156. The third kappa shape index (κ3) is 15.3. The maximum atomic E-state index is 6.29. The smallest absolute Gasteiger partial charge is 0.336 e. The minimum atomic E-state index is -3.32. The summed E-state index contributed by atoms with van der Waals surface area (Å²) in [5.41, 5.74) is 2.32. The molecular weight excluding hydrogens is 628 g/mol. The summed E-state index contributed by atoms with van der Waals surface area (Å²) in [5, 5.41) is 0. The van der Waals surface area contributed by atoms with Crippen molar-refractivity contribution in [2.24, 2.45) is 0 Å². The molecule has 43 heavy (non-hydrogen) atoms. The van der Waals surface area contributed by atoms with E-state index in [0.29, 0.717) is 33.0 Å². The molecule has 0 aliphatic heterocycles. The zero-order valence-electron chi connectivity index (χ0n) is 26.4. The molecule has 0 heterocycles. The molecule has 9 nitrogen and oxygen atoms in total. The highest BCUT2D eigenvalue weighted by Gasteiger charge is 2.33. The van der Waals surface area contributed by atoms with E-state index >= 15 is 0 Å². The summed E-state index contributed by atoms with van der Waals surface area (Å²) >= 11 is 11.4. The van der Waals surface area contributed by atoms with Gasteiger partial charge in [0.2, 0.25) is 0 Å². The fourth-order valence-electron chi connectivity index (χ4n) is 3.79. The van der Waals surface area contributed by atoms with Crippen LogP contribution in [0, 0.1) is 0 Å². The van der Waals surface area contributed by atoms with Crippen molar-refractivity contribution in [2.45, 2.75) is 59.0 Å². The number of para-hydroxylation sites is 1. The van der Waals surface area contributed by atoms with Gasteiger partial charge >= 0.3 is 13.4 Å². The second-order valence-corrected chi connectivity index (χ2v) is 16.2. The van der Waals surface area contributed by atoms with E-state index in [1.807, 2.05) is 70.1 Å². The number of likely N-dealkylation sites (N-methyl/N-ethyl adjacent to an activating group) is 1. The van der Waals surface area contributed by atoms with E-state index in [-0.39, 0.29) is 12.9 Å². The van der Waals surface area contributed by atoms with Gasteiger partial charge in [0, 0.05) is 6.54 Å². The van der Waals surface area contributed by atoms with Crippen LogP contribution in [0.25, 0.3) is 0 Å². The Labute approximate surface area is 268 Å². The van der Waals surface area contributed by atoms with Gasteiger partial charge in [-0.2, -0.15) is 0 Å². The van der Waals surface area contributed by atoms with Crippen LogP contribution in [-0.2, 0) is 63.6 Å². The van der Waals surface area contributed by atoms with Crippen LogP contribution in [0.1, 0.15) is 51.2 Å². The van der Waals surface area contributed by atoms with Crippen LogP contribution in [0.5, 0.6) is 11.5 Å². The van der Waals surface area contributed by atoms with Crippen molar-refractivity contribution >= 4 is 37.1 Å². The van der Waals surface area contributed by atoms with Gasteiger partial charge < -0.3 is 32.7 Å². The largest absolute Gasteiger partial charge is 0.497 e. The third-order valence-electron chi connectivity index (χ3n) is 5.86. The lowest BCUT2D eigenvalue weighted by Crippen LogP contribution is -2.34. The topological polar surface area (TPSA) is 77.1 Å². The predicted molar refractivity (Wildman–Crippen MR) is 180 cm³/mol. The van der Waals surface area contributed by atoms with Crippen molar-refractivity contribution < 1.29 is 36.6 Å². The number of nitrogens with zero attached hydrogens (tertiary/aromatic N) is 1. The van der Waals surface area contributed by atoms with E-state index in [0.717, 1.165) is 49.2 Å². The summed E-state index contributed by atoms with van der Waals surface area (Å²) in [4.78, 5) is 2.03. The Kier molecular flexibility index (Phi) is 18.6. The maximum absolute atomic E-state index is 6.29. The molecule has 0 aliphatic carbocycles. The zero-order chi connectivity index (χ0) is 31.6. The first-order chi connectivity index (χ1) is 20.7. The van der Waals surface area contributed by atoms with E-state index in [9.17, 15) is 0 Å². The first kappa shape index (κ1) is 38.2. The highest BCUT2D eigenvalue weighted by atomic mass is 32.5. The molecule has 0 N–H and O–H groups in total. The Morgan fingerprint density at radius 2 is 1.42 bits per heavy atom. The molecule has 0 saturated carbocycles. The Hall–Kier alpha value is -0.940. The van der Waals surface area contributed by atoms with Gasteiger partial charge in [-0.1, -0.05) is 51.1 Å². The molecule has 13 heteroatoms. The summed E-state index contributed by atoms with van der Waals surface area (Å²) in [6.07, 6.45) is 3.63. The van der Waals surface area contributed by atoms with Gasteiger partial charge in [-0.05, 0) is 99.1 Å². The van der Waals surface area contributed by atoms with Crippen LogP contribution in [-0.4, -0.2) is 72.0 Å². The van der Waals surface area contributed by atoms with Crippen molar-refractivity contribution in [1.82, 2.24) is 4.90 Å². The molecule has 0 aromatic heterocycles. The molecule has 2 aromatic rings. The molecule has 0 radical (unpaired) electrons. The fraction of sp³-hybridized carbons (Fsp3) is 0.600. The molecule has 2 aromatic carbocycles. The van der Waals surface area contributed by atoms with Crippen molar-refractivity contribution in [3.05, 3.63) is 59.7 Å². The summed E-state index contributed by atoms with van der Waals surface area (Å²) in [6, 6.07) is 16.2. The molecule has 1 unspecified atom stereocenters. The van der Waals surface area contributed by atoms with Crippen molar-refractivity contribution in [3.8, 4) is 11.5 Å². The van der Waals surface area contributed by atoms with Crippen LogP contribution in [0.4, 0.5) is 0 Å². The Morgan fingerprint density at radius 3 is 2.02 bits per heavy atom. The molecule has 2 rings (SSSR count). The van der Waals surface area contributed by atoms with E-state index < -0.39 is 13.4 Å². The Bertz CT molecular complexity index is 1140. The van der Waals surface area contributed by atoms with E-state index in [2.05, 4.69) is 18.2 Å². The number of hydrogen-bond donors (Lipinski definition) is 0. The lowest BCUT2D eigenvalue weighted by Gasteiger charge is -2.29. The number of aryl methyl sites for hydroxylation is 2. The average Bonchev–Trinajstić information content (AvgIpc) is 3.00. The van der Waals surface area contributed by atoms with Gasteiger partial charge in [0.1, 0.15) is 24.2 Å². The van der Waals surface area contributed by atoms with Gasteiger partial charge in [-0.25, -0.2) is 4.31 Å². The molecule has 0 amide bonds. The first-order valence-corrected chi connectivity index (χ1v) is 19.9. The lowest BCUT2D eigenvalue weighted by molar-refractivity contribution is -0.0656. The number of hydrogen-bond acceptors (Lipinski definition) is 11. The number of rotatable bonds is 24. The molecule has 0 fully saturated rings. The molecule has 244 valence electrons. The molecule has 0 aliphatic rings. The number of methoxy groups -OCH3 is 1. The van der Waals surface area contributed by atoms with Crippen LogP contribution < -0.4 is 9.47 Å². The molecule has 0 bridgehead atoms. The zero-order valence-corrected chi connectivity index (χ0v) is 29.8. The van der Waals surface area contributed by atoms with Gasteiger partial charge in [0.15, 0.2) is 6.79 Å². The molecule has 2 atom stereocenters. The van der Waals surface area contributed by atoms with Crippen molar-refractivity contribution in [1.29, 1.82) is 0 Å². The van der Waals surface area contributed by atoms with Crippen LogP contribution in [0.15, 0.2) is 48.5 Å². The highest BCUT2D eigenvalue weighted by molar-refractivity contribution is 8.14. The van der Waals surface area contributed by atoms with E-state index in [1.165, 1.54) is 5.56 Å². The van der Waals surface area contributed by atoms with Gasteiger partial charge in [-0.3, -0.25) is 4.52 Å². The highest BCUT2D eigenvalue weighted by Crippen LogP contribution is 2.66. The summed E-state index contributed by atoms with van der Waals surface area (Å²) < 4.78 is 47.3. The van der Waals surface area contributed by atoms with Crippen LogP contribution >= 0.6 is 13.4 Å². The lowest BCUT2D eigenvalue weighted by atomic mass is 10.0. The van der Waals surface area contributed by atoms with Gasteiger partial charge in [0.25, 0.3) is 0 Å². The number of benzene rings is 2. The summed E-state index contributed by atoms with van der Waals surface area (Å²) in [6.45, 7) is 1.37. The first-order valence-electron chi connectivity index (χ1n) is 14.7. The van der Waals surface area contributed by atoms with Gasteiger partial charge in [0.05, 0.1) is 26.9 Å². The summed E-state index contributed by atoms with van der Waals surface area (Å²) in [5.74, 6) is 1.67. The minimum Gasteiger partial charge on any atom is -0.497 e. The Morgan fingerprint density at radius 1 is 0.791 bits per heavy atom. The quantitative estimate of drug-likeness (QED) is 0.0818. The fourth-order valence-corrected chi connectivity index (χ4v) is 9.84. The average molecular weight is 678 g/mol. The predicted octanol–water partition coefficient (Wildman–Crippen LogP) is 7.53. The van der Waals surface area contributed by atoms with E-state index in [1.54, 1.807) is 7.11 Å². The second kappa shape index (κ2) is 21.0. The number of ether oxygens (including phenoxy) is 3. The standard InChI is InChI=1S/C30H49NO8P2S2/c1-7-19-35-40(42,36-20-8-2)39-41(43,37-21-9-3)38-25-34-29(23-31(4)5)24-33-30-16-11-10-14-27(30)18-17-26-13-12-15-28(22-26)32-6/h10-16,22,29H,7-9,17-21,23-25H2,1-6H3/t29-,41?/m1/s1. The Balaban J connectivity index is 2.05. The van der Waals surface area contributed by atoms with Crippen LogP contribution in [0.2, 0.25) is 0 Å². The monoisotopic (exact) mass is 677 g/mol. The molecule has 0 saturated heterocycles. The van der Waals surface area contributed by atoms with Crippen LogP contribution in [0.3, 0.4) is 0 Å². The molecule has 0 spiro atoms. The summed E-state index contributed by atoms with van der Waals surface area (Å²) in [7, 11) is 5.63. The van der Waals surface area contributed by atoms with Crippen molar-refractivity contribution in [3.63, 3.8) is 0 Å². The maximum Gasteiger partial charge on any atom is 0.336 e. The van der Waals surface area contributed by atoms with Gasteiger partial charge in [-0.15, -0.1) is 0 Å². The SMILES string of the molecule is CCCOP(=S)(OCCC)OP(=S)(OCCC)OCO[C@@H](COc1ccccc1CCc1cccc(OC)c1)CN(C)C. The normalized spacial score (nSPS) is 14.0. The second-order valence-electron chi connectivity index (χ2n) is 10.0.